The molecule has 0 spiro atoms. The van der Waals surface area contributed by atoms with Crippen LogP contribution in [0.5, 0.6) is 0 Å². The molecule has 0 radical (unpaired) electrons. The van der Waals surface area contributed by atoms with Gasteiger partial charge in [0.15, 0.2) is 5.76 Å². The molecule has 1 N–H and O–H groups in total. The number of fused-ring (bicyclic) bond motifs is 2. The summed E-state index contributed by atoms with van der Waals surface area (Å²) in [5, 5.41) is 4.01. The Morgan fingerprint density at radius 2 is 1.63 bits per heavy atom. The number of amides is 1. The first-order valence-electron chi connectivity index (χ1n) is 12.6. The summed E-state index contributed by atoms with van der Waals surface area (Å²) in [6, 6.07) is 23.7. The van der Waals surface area contributed by atoms with E-state index in [2.05, 4.69) is 5.32 Å². The molecule has 10 heteroatoms. The van der Waals surface area contributed by atoms with Crippen molar-refractivity contribution in [3.63, 3.8) is 0 Å². The molecule has 3 heterocycles. The van der Waals surface area contributed by atoms with Crippen molar-refractivity contribution in [2.45, 2.75) is 0 Å². The molecule has 8 nitrogen and oxygen atoms in total. The quantitative estimate of drug-likeness (QED) is 0.247. The van der Waals surface area contributed by atoms with Gasteiger partial charge >= 0.3 is 0 Å². The van der Waals surface area contributed by atoms with Gasteiger partial charge in [0.1, 0.15) is 28.4 Å². The highest BCUT2D eigenvalue weighted by atomic mass is 32.2. The zero-order chi connectivity index (χ0) is 28.9. The van der Waals surface area contributed by atoms with Crippen LogP contribution in [0.3, 0.4) is 0 Å². The molecule has 1 amide bonds. The van der Waals surface area contributed by atoms with Crippen molar-refractivity contribution in [3.05, 3.63) is 96.3 Å². The van der Waals surface area contributed by atoms with Crippen LogP contribution in [0.2, 0.25) is 0 Å². The van der Waals surface area contributed by atoms with Crippen molar-refractivity contribution in [2.75, 3.05) is 24.7 Å². The number of anilines is 1. The van der Waals surface area contributed by atoms with Crippen LogP contribution in [-0.4, -0.2) is 39.7 Å². The van der Waals surface area contributed by atoms with Gasteiger partial charge in [-0.2, -0.15) is 0 Å². The molecule has 206 valence electrons. The van der Waals surface area contributed by atoms with Crippen LogP contribution in [0.4, 0.5) is 10.1 Å². The minimum absolute atomic E-state index is 0.230. The fraction of sp³-hybridized carbons (Fsp3) is 0.0968. The number of nitrogens with zero attached hydrogens (tertiary/aromatic N) is 2. The number of benzene rings is 3. The van der Waals surface area contributed by atoms with Gasteiger partial charge in [-0.25, -0.2) is 17.8 Å². The van der Waals surface area contributed by atoms with Crippen LogP contribution in [0.1, 0.15) is 10.4 Å². The molecule has 0 aliphatic rings. The molecule has 0 aliphatic heterocycles. The lowest BCUT2D eigenvalue weighted by Gasteiger charge is -2.20. The van der Waals surface area contributed by atoms with Crippen molar-refractivity contribution in [3.8, 4) is 34.0 Å². The number of para-hydroxylation sites is 1. The largest absolute Gasteiger partial charge is 0.455 e. The van der Waals surface area contributed by atoms with Gasteiger partial charge in [-0.05, 0) is 54.6 Å². The molecule has 0 saturated heterocycles. The summed E-state index contributed by atoms with van der Waals surface area (Å²) in [6.45, 7) is 0. The first-order valence-corrected chi connectivity index (χ1v) is 14.5. The number of carbonyl (C=O) groups excluding carboxylic acids is 1. The summed E-state index contributed by atoms with van der Waals surface area (Å²) >= 11 is 0. The first-order chi connectivity index (χ1) is 19.6. The Bertz CT molecular complexity index is 2030. The molecule has 41 heavy (non-hydrogen) atoms. The monoisotopic (exact) mass is 569 g/mol. The molecule has 0 saturated carbocycles. The van der Waals surface area contributed by atoms with E-state index in [1.807, 2.05) is 30.3 Å². The third-order valence-corrected chi connectivity index (χ3v) is 8.10. The van der Waals surface area contributed by atoms with E-state index in [-0.39, 0.29) is 16.9 Å². The van der Waals surface area contributed by atoms with Gasteiger partial charge in [0.2, 0.25) is 10.0 Å². The van der Waals surface area contributed by atoms with Gasteiger partial charge in [0.25, 0.3) is 5.91 Å². The lowest BCUT2D eigenvalue weighted by atomic mass is 10.0. The minimum atomic E-state index is -3.69. The smallest absolute Gasteiger partial charge is 0.255 e. The maximum atomic E-state index is 13.7. The molecule has 3 aromatic heterocycles. The van der Waals surface area contributed by atoms with E-state index in [1.54, 1.807) is 30.3 Å². The van der Waals surface area contributed by atoms with Crippen LogP contribution < -0.4 is 9.62 Å². The van der Waals surface area contributed by atoms with Crippen LogP contribution in [0.25, 0.3) is 56.0 Å². The van der Waals surface area contributed by atoms with Gasteiger partial charge in [0, 0.05) is 42.1 Å². The van der Waals surface area contributed by atoms with Crippen LogP contribution in [0.15, 0.2) is 93.8 Å². The Kier molecular flexibility index (Phi) is 6.34. The van der Waals surface area contributed by atoms with Crippen molar-refractivity contribution in [2.24, 2.45) is 0 Å². The molecule has 6 rings (SSSR count). The van der Waals surface area contributed by atoms with Gasteiger partial charge in [-0.3, -0.25) is 9.10 Å². The fourth-order valence-corrected chi connectivity index (χ4v) is 5.27. The fourth-order valence-electron chi connectivity index (χ4n) is 4.76. The summed E-state index contributed by atoms with van der Waals surface area (Å²) in [4.78, 5) is 17.9. The van der Waals surface area contributed by atoms with Crippen LogP contribution in [0, 0.1) is 5.82 Å². The third kappa shape index (κ3) is 4.72. The second-order valence-electron chi connectivity index (χ2n) is 9.54. The van der Waals surface area contributed by atoms with E-state index in [1.165, 1.54) is 38.4 Å². The minimum Gasteiger partial charge on any atom is -0.455 e. The number of pyridine rings is 1. The Morgan fingerprint density at radius 3 is 2.34 bits per heavy atom. The van der Waals surface area contributed by atoms with E-state index in [4.69, 9.17) is 13.8 Å². The number of carbonyl (C=O) groups is 1. The molecule has 0 bridgehead atoms. The Hall–Kier alpha value is -4.96. The number of hydrogen-bond donors (Lipinski definition) is 1. The van der Waals surface area contributed by atoms with Gasteiger partial charge in [0.05, 0.1) is 23.2 Å². The zero-order valence-electron chi connectivity index (χ0n) is 22.3. The summed E-state index contributed by atoms with van der Waals surface area (Å²) < 4.78 is 52.3. The average Bonchev–Trinajstić information content (AvgIpc) is 3.57. The number of rotatable bonds is 6. The molecule has 0 aliphatic carbocycles. The summed E-state index contributed by atoms with van der Waals surface area (Å²) in [5.74, 6) is -0.0584. The molecule has 3 aromatic carbocycles. The van der Waals surface area contributed by atoms with Crippen molar-refractivity contribution >= 4 is 43.6 Å². The van der Waals surface area contributed by atoms with Crippen LogP contribution in [-0.2, 0) is 10.0 Å². The SMILES string of the molecule is CNC(=O)c1c(-c2ccc(F)cc2)oc2cc(N(C)S(C)(=O)=O)c(-c3cccc(-c4cc5ccccc5o4)n3)cc12. The number of nitrogens with one attached hydrogen (secondary N) is 1. The lowest BCUT2D eigenvalue weighted by Crippen LogP contribution is -2.25. The van der Waals surface area contributed by atoms with Gasteiger partial charge in [-0.15, -0.1) is 0 Å². The Morgan fingerprint density at radius 1 is 0.902 bits per heavy atom. The number of sulfonamides is 1. The van der Waals surface area contributed by atoms with Crippen molar-refractivity contribution < 1.29 is 26.4 Å². The zero-order valence-corrected chi connectivity index (χ0v) is 23.1. The predicted octanol–water partition coefficient (Wildman–Crippen LogP) is 6.47. The lowest BCUT2D eigenvalue weighted by molar-refractivity contribution is 0.0964. The maximum Gasteiger partial charge on any atom is 0.255 e. The highest BCUT2D eigenvalue weighted by Crippen LogP contribution is 2.41. The number of hydrogen-bond acceptors (Lipinski definition) is 6. The summed E-state index contributed by atoms with van der Waals surface area (Å²) in [7, 11) is -0.754. The van der Waals surface area contributed by atoms with Gasteiger partial charge in [-0.1, -0.05) is 24.3 Å². The number of furan rings is 2. The van der Waals surface area contributed by atoms with Crippen molar-refractivity contribution in [1.82, 2.24) is 10.3 Å². The summed E-state index contributed by atoms with van der Waals surface area (Å²) in [6.07, 6.45) is 1.10. The molecular formula is C31H24FN3O5S. The Labute approximate surface area is 235 Å². The highest BCUT2D eigenvalue weighted by molar-refractivity contribution is 7.92. The second-order valence-corrected chi connectivity index (χ2v) is 11.6. The molecular weight excluding hydrogens is 545 g/mol. The standard InChI is InChI=1S/C31H24FN3O5S/c1-33-31(36)29-22-16-21(23-8-6-9-24(34-23)28-15-19-7-4-5-10-26(19)39-28)25(35(2)41(3,37)38)17-27(22)40-30(29)18-11-13-20(32)14-12-18/h4-17H,1-3H3,(H,33,36). The predicted molar refractivity (Wildman–Crippen MR) is 157 cm³/mol. The molecule has 0 atom stereocenters. The van der Waals surface area contributed by atoms with E-state index in [0.29, 0.717) is 39.3 Å². The Balaban J connectivity index is 1.61. The average molecular weight is 570 g/mol. The topological polar surface area (TPSA) is 106 Å². The normalized spacial score (nSPS) is 11.7. The molecule has 0 fully saturated rings. The molecule has 6 aromatic rings. The highest BCUT2D eigenvalue weighted by Gasteiger charge is 2.26. The van der Waals surface area contributed by atoms with Crippen molar-refractivity contribution in [1.29, 1.82) is 0 Å². The maximum absolute atomic E-state index is 13.7. The van der Waals surface area contributed by atoms with E-state index >= 15 is 0 Å². The summed E-state index contributed by atoms with van der Waals surface area (Å²) in [5.41, 5.74) is 3.50. The number of halogens is 1. The van der Waals surface area contributed by atoms with E-state index in [9.17, 15) is 17.6 Å². The second kappa shape index (κ2) is 9.90. The van der Waals surface area contributed by atoms with Crippen LogP contribution >= 0.6 is 0 Å². The molecule has 0 unspecified atom stereocenters. The van der Waals surface area contributed by atoms with E-state index in [0.717, 1.165) is 21.5 Å². The van der Waals surface area contributed by atoms with Gasteiger partial charge < -0.3 is 14.2 Å². The third-order valence-electron chi connectivity index (χ3n) is 6.91. The number of aromatic nitrogens is 1. The first kappa shape index (κ1) is 26.3. The van der Waals surface area contributed by atoms with E-state index < -0.39 is 21.7 Å².